The fourth-order valence-electron chi connectivity index (χ4n) is 5.47. The van der Waals surface area contributed by atoms with E-state index in [1.807, 2.05) is 13.0 Å². The van der Waals surface area contributed by atoms with E-state index in [1.165, 1.54) is 11.1 Å². The van der Waals surface area contributed by atoms with Gasteiger partial charge in [-0.2, -0.15) is 5.10 Å². The largest absolute Gasteiger partial charge is 0.355 e. The zero-order valence-electron chi connectivity index (χ0n) is 19.8. The Balaban J connectivity index is 1.39. The number of amidine groups is 1. The maximum atomic E-state index is 14.6. The second-order valence-electron chi connectivity index (χ2n) is 9.62. The van der Waals surface area contributed by atoms with Crippen molar-refractivity contribution in [3.8, 4) is 0 Å². The SMILES string of the molecule is C=C(C)N=C(c1ccnn1Cc1ccnc(C)c1F)N1CCC2(CC1)Cc1ccccc1[C@H]2N. The van der Waals surface area contributed by atoms with Crippen LogP contribution >= 0.6 is 0 Å². The minimum absolute atomic E-state index is 0.0656. The number of nitrogens with zero attached hydrogens (tertiary/aromatic N) is 5. The fraction of sp³-hybridized carbons (Fsp3) is 0.370. The van der Waals surface area contributed by atoms with E-state index in [2.05, 4.69) is 45.8 Å². The Morgan fingerprint density at radius 3 is 2.71 bits per heavy atom. The number of nitrogens with two attached hydrogens (primary N) is 1. The number of aliphatic imine (C=N–C) groups is 1. The number of halogens is 1. The van der Waals surface area contributed by atoms with Crippen molar-refractivity contribution in [2.75, 3.05) is 13.1 Å². The zero-order chi connectivity index (χ0) is 23.9. The van der Waals surface area contributed by atoms with Gasteiger partial charge in [0.15, 0.2) is 5.84 Å². The summed E-state index contributed by atoms with van der Waals surface area (Å²) < 4.78 is 16.4. The predicted octanol–water partition coefficient (Wildman–Crippen LogP) is 4.39. The maximum Gasteiger partial charge on any atom is 0.154 e. The summed E-state index contributed by atoms with van der Waals surface area (Å²) >= 11 is 0. The second kappa shape index (κ2) is 8.80. The van der Waals surface area contributed by atoms with Crippen LogP contribution in [0.3, 0.4) is 0 Å². The van der Waals surface area contributed by atoms with Crippen LogP contribution in [0.15, 0.2) is 66.1 Å². The first-order valence-electron chi connectivity index (χ1n) is 11.8. The number of fused-ring (bicyclic) bond motifs is 1. The van der Waals surface area contributed by atoms with E-state index < -0.39 is 0 Å². The van der Waals surface area contributed by atoms with Gasteiger partial charge in [-0.3, -0.25) is 9.67 Å². The van der Waals surface area contributed by atoms with Crippen LogP contribution in [0.4, 0.5) is 4.39 Å². The standard InChI is InChI=1S/C27H31FN6/c1-18(2)32-26(23-9-13-31-34(23)17-21-8-12-30-19(3)24(21)28)33-14-10-27(11-15-33)16-20-6-4-5-7-22(20)25(27)29/h4-9,12-13,25H,1,10-11,14-17,29H2,2-3H3/t25-/m1/s1. The molecule has 34 heavy (non-hydrogen) atoms. The smallest absolute Gasteiger partial charge is 0.154 e. The minimum atomic E-state index is -0.294. The molecule has 5 rings (SSSR count). The van der Waals surface area contributed by atoms with Gasteiger partial charge < -0.3 is 10.6 Å². The normalized spacial score (nSPS) is 19.5. The van der Waals surface area contributed by atoms with Gasteiger partial charge in [-0.15, -0.1) is 0 Å². The molecule has 2 N–H and O–H groups in total. The van der Waals surface area contributed by atoms with Crippen LogP contribution in [-0.4, -0.2) is 38.6 Å². The molecule has 2 aromatic heterocycles. The highest BCUT2D eigenvalue weighted by Crippen LogP contribution is 2.50. The molecule has 0 bridgehead atoms. The van der Waals surface area contributed by atoms with Crippen molar-refractivity contribution < 1.29 is 4.39 Å². The third-order valence-electron chi connectivity index (χ3n) is 7.36. The van der Waals surface area contributed by atoms with E-state index >= 15 is 0 Å². The maximum absolute atomic E-state index is 14.6. The molecule has 3 heterocycles. The number of hydrogen-bond donors (Lipinski definition) is 1. The summed E-state index contributed by atoms with van der Waals surface area (Å²) in [6.45, 7) is 9.59. The van der Waals surface area contributed by atoms with E-state index in [-0.39, 0.29) is 17.3 Å². The molecular weight excluding hydrogens is 427 g/mol. The highest BCUT2D eigenvalue weighted by Gasteiger charge is 2.46. The first kappa shape index (κ1) is 22.5. The highest BCUT2D eigenvalue weighted by atomic mass is 19.1. The van der Waals surface area contributed by atoms with Crippen LogP contribution < -0.4 is 5.73 Å². The Bertz CT molecular complexity index is 1250. The molecule has 1 spiro atoms. The molecule has 176 valence electrons. The average molecular weight is 459 g/mol. The summed E-state index contributed by atoms with van der Waals surface area (Å²) in [4.78, 5) is 11.1. The molecule has 1 aromatic carbocycles. The third-order valence-corrected chi connectivity index (χ3v) is 7.36. The lowest BCUT2D eigenvalue weighted by molar-refractivity contribution is 0.127. The lowest BCUT2D eigenvalue weighted by Gasteiger charge is -2.43. The number of hydrogen-bond acceptors (Lipinski definition) is 4. The summed E-state index contributed by atoms with van der Waals surface area (Å²) in [7, 11) is 0. The van der Waals surface area contributed by atoms with E-state index in [4.69, 9.17) is 10.7 Å². The molecule has 1 aliphatic heterocycles. The fourth-order valence-corrected chi connectivity index (χ4v) is 5.47. The Kier molecular flexibility index (Phi) is 5.81. The summed E-state index contributed by atoms with van der Waals surface area (Å²) in [6, 6.07) is 12.3. The molecule has 3 aromatic rings. The van der Waals surface area contributed by atoms with Gasteiger partial charge in [0.25, 0.3) is 0 Å². The minimum Gasteiger partial charge on any atom is -0.355 e. The van der Waals surface area contributed by atoms with Crippen LogP contribution in [-0.2, 0) is 13.0 Å². The summed E-state index contributed by atoms with van der Waals surface area (Å²) in [5.41, 5.74) is 12.1. The van der Waals surface area contributed by atoms with Crippen LogP contribution in [0.5, 0.6) is 0 Å². The highest BCUT2D eigenvalue weighted by molar-refractivity contribution is 5.98. The van der Waals surface area contributed by atoms with Gasteiger partial charge in [0.05, 0.1) is 12.2 Å². The number of piperidine rings is 1. The quantitative estimate of drug-likeness (QED) is 0.465. The third kappa shape index (κ3) is 3.94. The molecule has 0 amide bonds. The van der Waals surface area contributed by atoms with Gasteiger partial charge in [-0.05, 0) is 61.8 Å². The molecule has 2 aliphatic rings. The first-order chi connectivity index (χ1) is 16.4. The zero-order valence-corrected chi connectivity index (χ0v) is 19.8. The lowest BCUT2D eigenvalue weighted by atomic mass is 9.73. The van der Waals surface area contributed by atoms with Gasteiger partial charge in [0.2, 0.25) is 0 Å². The van der Waals surface area contributed by atoms with Crippen LogP contribution in [0.25, 0.3) is 0 Å². The predicted molar refractivity (Wildman–Crippen MR) is 132 cm³/mol. The summed E-state index contributed by atoms with van der Waals surface area (Å²) in [5.74, 6) is 0.534. The summed E-state index contributed by atoms with van der Waals surface area (Å²) in [5, 5.41) is 4.49. The van der Waals surface area contributed by atoms with Gasteiger partial charge in [-0.25, -0.2) is 9.38 Å². The van der Waals surface area contributed by atoms with Crippen molar-refractivity contribution in [1.82, 2.24) is 19.7 Å². The van der Waals surface area contributed by atoms with Crippen molar-refractivity contribution in [3.63, 3.8) is 0 Å². The molecule has 6 nitrogen and oxygen atoms in total. The van der Waals surface area contributed by atoms with E-state index in [0.29, 0.717) is 17.8 Å². The molecule has 7 heteroatoms. The second-order valence-corrected chi connectivity index (χ2v) is 9.62. The topological polar surface area (TPSA) is 72.3 Å². The van der Waals surface area contributed by atoms with Gasteiger partial charge in [0.1, 0.15) is 11.5 Å². The number of pyridine rings is 1. The first-order valence-corrected chi connectivity index (χ1v) is 11.8. The molecular formula is C27H31FN6. The number of benzene rings is 1. The Hall–Kier alpha value is -3.32. The van der Waals surface area contributed by atoms with Crippen molar-refractivity contribution >= 4 is 5.84 Å². The number of allylic oxidation sites excluding steroid dienone is 1. The van der Waals surface area contributed by atoms with Gasteiger partial charge in [0, 0.05) is 42.8 Å². The number of aryl methyl sites for hydroxylation is 1. The van der Waals surface area contributed by atoms with Crippen LogP contribution in [0.2, 0.25) is 0 Å². The Morgan fingerprint density at radius 2 is 1.97 bits per heavy atom. The molecule has 1 fully saturated rings. The van der Waals surface area contributed by atoms with E-state index in [0.717, 1.165) is 49.6 Å². The van der Waals surface area contributed by atoms with Crippen molar-refractivity contribution in [1.29, 1.82) is 0 Å². The van der Waals surface area contributed by atoms with E-state index in [1.54, 1.807) is 30.1 Å². The molecule has 0 saturated carbocycles. The average Bonchev–Trinajstić information content (AvgIpc) is 3.39. The Labute approximate surface area is 200 Å². The lowest BCUT2D eigenvalue weighted by Crippen LogP contribution is -2.47. The molecule has 1 aliphatic carbocycles. The van der Waals surface area contributed by atoms with E-state index in [9.17, 15) is 4.39 Å². The van der Waals surface area contributed by atoms with Gasteiger partial charge >= 0.3 is 0 Å². The molecule has 0 unspecified atom stereocenters. The number of rotatable bonds is 4. The molecule has 1 atom stereocenters. The number of likely N-dealkylation sites (tertiary alicyclic amines) is 1. The van der Waals surface area contributed by atoms with Gasteiger partial charge in [-0.1, -0.05) is 30.8 Å². The monoisotopic (exact) mass is 458 g/mol. The molecule has 0 radical (unpaired) electrons. The molecule has 1 saturated heterocycles. The van der Waals surface area contributed by atoms with Crippen LogP contribution in [0, 0.1) is 18.2 Å². The van der Waals surface area contributed by atoms with Crippen molar-refractivity contribution in [2.45, 2.75) is 45.7 Å². The van der Waals surface area contributed by atoms with Crippen molar-refractivity contribution in [3.05, 3.63) is 95.0 Å². The van der Waals surface area contributed by atoms with Crippen molar-refractivity contribution in [2.24, 2.45) is 16.1 Å². The Morgan fingerprint density at radius 1 is 1.21 bits per heavy atom. The number of aromatic nitrogens is 3. The van der Waals surface area contributed by atoms with Crippen LogP contribution in [0.1, 0.15) is 53.9 Å². The summed E-state index contributed by atoms with van der Waals surface area (Å²) in [6.07, 6.45) is 6.38.